The van der Waals surface area contributed by atoms with Crippen LogP contribution in [-0.2, 0) is 9.84 Å². The normalized spacial score (nSPS) is 27.0. The smallest absolute Gasteiger partial charge is 0.262 e. The molecule has 3 aliphatic rings. The number of carbonyl (C=O) groups excluding carboxylic acids is 2. The molecule has 1 atom stereocenters. The Morgan fingerprint density at radius 3 is 2.08 bits per heavy atom. The lowest BCUT2D eigenvalue weighted by atomic mass is 10.1. The SMILES string of the molecule is O=C1c2ccccc2C(=O)N1CN1CCN(C2CCS(=O)(=O)C2)CC1. The third-order valence-electron chi connectivity index (χ3n) is 5.35. The minimum absolute atomic E-state index is 0.117. The molecule has 1 aromatic carbocycles. The molecule has 0 radical (unpaired) electrons. The van der Waals surface area contributed by atoms with Crippen LogP contribution < -0.4 is 0 Å². The zero-order valence-corrected chi connectivity index (χ0v) is 14.7. The molecule has 134 valence electrons. The highest BCUT2D eigenvalue weighted by Crippen LogP contribution is 2.24. The third-order valence-corrected chi connectivity index (χ3v) is 7.10. The fourth-order valence-electron chi connectivity index (χ4n) is 3.90. The van der Waals surface area contributed by atoms with Crippen LogP contribution in [0.5, 0.6) is 0 Å². The molecule has 2 fully saturated rings. The van der Waals surface area contributed by atoms with Gasteiger partial charge in [-0.1, -0.05) is 12.1 Å². The van der Waals surface area contributed by atoms with Gasteiger partial charge >= 0.3 is 0 Å². The molecular formula is C17H21N3O4S. The summed E-state index contributed by atoms with van der Waals surface area (Å²) in [6.45, 7) is 3.28. The molecule has 1 unspecified atom stereocenters. The largest absolute Gasteiger partial charge is 0.297 e. The van der Waals surface area contributed by atoms with E-state index in [-0.39, 0.29) is 29.4 Å². The van der Waals surface area contributed by atoms with Gasteiger partial charge in [0, 0.05) is 32.2 Å². The Bertz CT molecular complexity index is 780. The molecule has 0 aliphatic carbocycles. The maximum Gasteiger partial charge on any atom is 0.262 e. The highest BCUT2D eigenvalue weighted by atomic mass is 32.2. The van der Waals surface area contributed by atoms with Gasteiger partial charge in [0.05, 0.1) is 29.3 Å². The maximum absolute atomic E-state index is 12.4. The molecule has 0 bridgehead atoms. The minimum Gasteiger partial charge on any atom is -0.297 e. The van der Waals surface area contributed by atoms with Crippen molar-refractivity contribution in [2.75, 3.05) is 44.4 Å². The number of piperazine rings is 1. The average Bonchev–Trinajstić information content (AvgIpc) is 3.09. The molecule has 25 heavy (non-hydrogen) atoms. The number of fused-ring (bicyclic) bond motifs is 1. The van der Waals surface area contributed by atoms with Crippen molar-refractivity contribution in [2.45, 2.75) is 12.5 Å². The second-order valence-corrected chi connectivity index (χ2v) is 9.16. The molecule has 2 saturated heterocycles. The van der Waals surface area contributed by atoms with Crippen LogP contribution in [0.1, 0.15) is 27.1 Å². The van der Waals surface area contributed by atoms with Gasteiger partial charge < -0.3 is 0 Å². The van der Waals surface area contributed by atoms with E-state index in [4.69, 9.17) is 0 Å². The summed E-state index contributed by atoms with van der Waals surface area (Å²) in [5.41, 5.74) is 0.949. The Morgan fingerprint density at radius 2 is 1.56 bits per heavy atom. The van der Waals surface area contributed by atoms with Crippen LogP contribution in [0.15, 0.2) is 24.3 Å². The highest BCUT2D eigenvalue weighted by molar-refractivity contribution is 7.91. The molecule has 4 rings (SSSR count). The Hall–Kier alpha value is -1.77. The zero-order valence-electron chi connectivity index (χ0n) is 13.9. The summed E-state index contributed by atoms with van der Waals surface area (Å²) in [5, 5.41) is 0. The molecule has 3 heterocycles. The summed E-state index contributed by atoms with van der Waals surface area (Å²) in [7, 11) is -2.87. The van der Waals surface area contributed by atoms with Crippen LogP contribution in [0.3, 0.4) is 0 Å². The van der Waals surface area contributed by atoms with E-state index < -0.39 is 9.84 Å². The van der Waals surface area contributed by atoms with E-state index in [0.717, 1.165) is 26.2 Å². The van der Waals surface area contributed by atoms with Gasteiger partial charge in [-0.15, -0.1) is 0 Å². The maximum atomic E-state index is 12.4. The van der Waals surface area contributed by atoms with E-state index in [0.29, 0.717) is 24.2 Å². The zero-order chi connectivity index (χ0) is 17.6. The summed E-state index contributed by atoms with van der Waals surface area (Å²) in [4.78, 5) is 30.5. The highest BCUT2D eigenvalue weighted by Gasteiger charge is 2.38. The van der Waals surface area contributed by atoms with E-state index in [9.17, 15) is 18.0 Å². The number of hydrogen-bond acceptors (Lipinski definition) is 6. The first-order valence-corrected chi connectivity index (χ1v) is 10.4. The van der Waals surface area contributed by atoms with Gasteiger partial charge in [-0.3, -0.25) is 24.3 Å². The van der Waals surface area contributed by atoms with Gasteiger partial charge in [0.25, 0.3) is 11.8 Å². The van der Waals surface area contributed by atoms with Crippen molar-refractivity contribution < 1.29 is 18.0 Å². The van der Waals surface area contributed by atoms with Crippen molar-refractivity contribution in [3.8, 4) is 0 Å². The molecule has 0 N–H and O–H groups in total. The number of hydrogen-bond donors (Lipinski definition) is 0. The van der Waals surface area contributed by atoms with Crippen molar-refractivity contribution in [2.24, 2.45) is 0 Å². The monoisotopic (exact) mass is 363 g/mol. The first-order valence-electron chi connectivity index (χ1n) is 8.57. The summed E-state index contributed by atoms with van der Waals surface area (Å²) in [6, 6.07) is 7.03. The quantitative estimate of drug-likeness (QED) is 0.706. The Balaban J connectivity index is 1.35. The predicted octanol–water partition coefficient (Wildman–Crippen LogP) is 0.0448. The van der Waals surface area contributed by atoms with Crippen molar-refractivity contribution in [1.29, 1.82) is 0 Å². The van der Waals surface area contributed by atoms with Crippen LogP contribution in [-0.4, -0.2) is 85.3 Å². The number of rotatable bonds is 3. The van der Waals surface area contributed by atoms with Crippen molar-refractivity contribution in [1.82, 2.24) is 14.7 Å². The number of imide groups is 1. The molecule has 0 spiro atoms. The standard InChI is InChI=1S/C17H21N3O4S/c21-16-14-3-1-2-4-15(14)17(22)20(16)12-18-6-8-19(9-7-18)13-5-10-25(23,24)11-13/h1-4,13H,5-12H2. The van der Waals surface area contributed by atoms with Crippen LogP contribution in [0.2, 0.25) is 0 Å². The minimum atomic E-state index is -2.87. The van der Waals surface area contributed by atoms with E-state index in [1.807, 2.05) is 0 Å². The van der Waals surface area contributed by atoms with Gasteiger partial charge in [-0.25, -0.2) is 8.42 Å². The van der Waals surface area contributed by atoms with Gasteiger partial charge in [-0.2, -0.15) is 0 Å². The number of carbonyl (C=O) groups is 2. The first-order chi connectivity index (χ1) is 11.9. The van der Waals surface area contributed by atoms with Crippen LogP contribution in [0.4, 0.5) is 0 Å². The first kappa shape index (κ1) is 16.7. The Labute approximate surface area is 147 Å². The van der Waals surface area contributed by atoms with E-state index in [2.05, 4.69) is 9.80 Å². The molecule has 2 amide bonds. The molecular weight excluding hydrogens is 342 g/mol. The topological polar surface area (TPSA) is 78.0 Å². The van der Waals surface area contributed by atoms with E-state index >= 15 is 0 Å². The molecule has 8 heteroatoms. The lowest BCUT2D eigenvalue weighted by molar-refractivity contribution is 0.0414. The van der Waals surface area contributed by atoms with Crippen LogP contribution in [0.25, 0.3) is 0 Å². The Morgan fingerprint density at radius 1 is 0.960 bits per heavy atom. The lowest BCUT2D eigenvalue weighted by Gasteiger charge is -2.38. The third kappa shape index (κ3) is 3.09. The number of sulfone groups is 1. The fourth-order valence-corrected chi connectivity index (χ4v) is 5.66. The second-order valence-electron chi connectivity index (χ2n) is 6.94. The lowest BCUT2D eigenvalue weighted by Crippen LogP contribution is -2.53. The van der Waals surface area contributed by atoms with Gasteiger partial charge in [0.2, 0.25) is 0 Å². The van der Waals surface area contributed by atoms with Crippen LogP contribution >= 0.6 is 0 Å². The summed E-state index contributed by atoms with van der Waals surface area (Å²) >= 11 is 0. The molecule has 3 aliphatic heterocycles. The Kier molecular flexibility index (Phi) is 4.13. The van der Waals surface area contributed by atoms with Gasteiger partial charge in [-0.05, 0) is 18.6 Å². The van der Waals surface area contributed by atoms with Gasteiger partial charge in [0.1, 0.15) is 0 Å². The van der Waals surface area contributed by atoms with Crippen molar-refractivity contribution in [3.63, 3.8) is 0 Å². The van der Waals surface area contributed by atoms with E-state index in [1.165, 1.54) is 4.90 Å². The number of benzene rings is 1. The fraction of sp³-hybridized carbons (Fsp3) is 0.529. The summed E-state index contributed by atoms with van der Waals surface area (Å²) < 4.78 is 23.3. The van der Waals surface area contributed by atoms with Crippen molar-refractivity contribution in [3.05, 3.63) is 35.4 Å². The van der Waals surface area contributed by atoms with Crippen molar-refractivity contribution >= 4 is 21.7 Å². The average molecular weight is 363 g/mol. The van der Waals surface area contributed by atoms with Crippen LogP contribution in [0, 0.1) is 0 Å². The van der Waals surface area contributed by atoms with Gasteiger partial charge in [0.15, 0.2) is 9.84 Å². The summed E-state index contributed by atoms with van der Waals surface area (Å²) in [6.07, 6.45) is 0.709. The molecule has 0 aromatic heterocycles. The molecule has 1 aromatic rings. The summed E-state index contributed by atoms with van der Waals surface area (Å²) in [5.74, 6) is 0.0769. The molecule has 0 saturated carbocycles. The predicted molar refractivity (Wildman–Crippen MR) is 92.0 cm³/mol. The van der Waals surface area contributed by atoms with E-state index in [1.54, 1.807) is 24.3 Å². The number of amides is 2. The number of nitrogens with zero attached hydrogens (tertiary/aromatic N) is 3. The second kappa shape index (κ2) is 6.19. The molecule has 7 nitrogen and oxygen atoms in total.